The fourth-order valence-electron chi connectivity index (χ4n) is 3.54. The third-order valence-corrected chi connectivity index (χ3v) is 5.32. The number of aromatic amines is 1. The first-order valence-corrected chi connectivity index (χ1v) is 10.9. The van der Waals surface area contributed by atoms with E-state index in [-0.39, 0.29) is 22.7 Å². The molecular formula is C27H23N3O5. The van der Waals surface area contributed by atoms with Gasteiger partial charge in [0.05, 0.1) is 16.8 Å². The van der Waals surface area contributed by atoms with Gasteiger partial charge in [0.2, 0.25) is 5.56 Å². The lowest BCUT2D eigenvalue weighted by Gasteiger charge is -2.12. The molecule has 35 heavy (non-hydrogen) atoms. The second-order valence-corrected chi connectivity index (χ2v) is 7.93. The number of para-hydroxylation sites is 2. The van der Waals surface area contributed by atoms with Crippen molar-refractivity contribution in [2.24, 2.45) is 0 Å². The van der Waals surface area contributed by atoms with Crippen LogP contribution in [-0.4, -0.2) is 29.4 Å². The normalized spacial score (nSPS) is 10.5. The molecule has 0 unspecified atom stereocenters. The number of rotatable bonds is 7. The number of benzene rings is 3. The van der Waals surface area contributed by atoms with Crippen LogP contribution in [-0.2, 0) is 16.1 Å². The number of pyridine rings is 1. The summed E-state index contributed by atoms with van der Waals surface area (Å²) in [7, 11) is 0. The SMILES string of the molecule is Cc1ccc(CNC(=O)c2ccccc2NC(=O)COC(=O)c2cc(=O)[nH]c3ccccc23)cc1. The standard InChI is InChI=1S/C27H23N3O5/c1-17-10-12-18(13-11-17)15-28-26(33)20-7-3-5-9-23(20)30-25(32)16-35-27(34)21-14-24(31)29-22-8-4-2-6-19(21)22/h2-14H,15-16H2,1H3,(H,28,33)(H,29,31)(H,30,32). The number of anilines is 1. The van der Waals surface area contributed by atoms with Crippen molar-refractivity contribution in [1.82, 2.24) is 10.3 Å². The van der Waals surface area contributed by atoms with E-state index in [0.29, 0.717) is 17.4 Å². The highest BCUT2D eigenvalue weighted by Gasteiger charge is 2.17. The predicted octanol–water partition coefficient (Wildman–Crippen LogP) is 3.56. The molecule has 0 bridgehead atoms. The maximum absolute atomic E-state index is 12.7. The molecule has 3 aromatic carbocycles. The maximum atomic E-state index is 12.7. The second kappa shape index (κ2) is 10.5. The molecule has 4 rings (SSSR count). The van der Waals surface area contributed by atoms with Crippen LogP contribution in [0.25, 0.3) is 10.9 Å². The van der Waals surface area contributed by atoms with Crippen molar-refractivity contribution in [3.63, 3.8) is 0 Å². The molecule has 0 spiro atoms. The number of amides is 2. The van der Waals surface area contributed by atoms with E-state index in [4.69, 9.17) is 4.74 Å². The van der Waals surface area contributed by atoms with Crippen LogP contribution in [0.4, 0.5) is 5.69 Å². The summed E-state index contributed by atoms with van der Waals surface area (Å²) in [6.45, 7) is 1.74. The molecule has 0 fully saturated rings. The van der Waals surface area contributed by atoms with Crippen LogP contribution in [0.3, 0.4) is 0 Å². The zero-order valence-electron chi connectivity index (χ0n) is 19.0. The van der Waals surface area contributed by atoms with Crippen LogP contribution < -0.4 is 16.2 Å². The van der Waals surface area contributed by atoms with Crippen molar-refractivity contribution < 1.29 is 19.1 Å². The van der Waals surface area contributed by atoms with Crippen molar-refractivity contribution in [2.75, 3.05) is 11.9 Å². The molecule has 8 nitrogen and oxygen atoms in total. The molecule has 1 aromatic heterocycles. The third kappa shape index (κ3) is 5.80. The number of hydrogen-bond acceptors (Lipinski definition) is 5. The van der Waals surface area contributed by atoms with Crippen molar-refractivity contribution >= 4 is 34.4 Å². The van der Waals surface area contributed by atoms with Crippen LogP contribution in [0.1, 0.15) is 31.8 Å². The summed E-state index contributed by atoms with van der Waals surface area (Å²) >= 11 is 0. The van der Waals surface area contributed by atoms with Crippen molar-refractivity contribution in [1.29, 1.82) is 0 Å². The predicted molar refractivity (Wildman–Crippen MR) is 132 cm³/mol. The van der Waals surface area contributed by atoms with Crippen molar-refractivity contribution in [2.45, 2.75) is 13.5 Å². The molecule has 0 atom stereocenters. The summed E-state index contributed by atoms with van der Waals surface area (Å²) < 4.78 is 5.14. The van der Waals surface area contributed by atoms with Gasteiger partial charge in [-0.05, 0) is 30.7 Å². The number of esters is 1. The Morgan fingerprint density at radius 3 is 2.40 bits per heavy atom. The zero-order valence-corrected chi connectivity index (χ0v) is 19.0. The smallest absolute Gasteiger partial charge is 0.339 e. The van der Waals surface area contributed by atoms with Gasteiger partial charge in [-0.15, -0.1) is 0 Å². The van der Waals surface area contributed by atoms with E-state index in [2.05, 4.69) is 15.6 Å². The van der Waals surface area contributed by atoms with E-state index < -0.39 is 24.0 Å². The molecule has 0 saturated heterocycles. The first-order chi connectivity index (χ1) is 16.9. The number of carbonyl (C=O) groups excluding carboxylic acids is 3. The Morgan fingerprint density at radius 1 is 0.886 bits per heavy atom. The van der Waals surface area contributed by atoms with Gasteiger partial charge in [0.25, 0.3) is 11.8 Å². The van der Waals surface area contributed by atoms with Gasteiger partial charge < -0.3 is 20.4 Å². The summed E-state index contributed by atoms with van der Waals surface area (Å²) in [4.78, 5) is 52.3. The minimum absolute atomic E-state index is 0.0630. The van der Waals surface area contributed by atoms with Crippen LogP contribution in [0, 0.1) is 6.92 Å². The lowest BCUT2D eigenvalue weighted by Crippen LogP contribution is -2.26. The number of ether oxygens (including phenoxy) is 1. The van der Waals surface area contributed by atoms with Crippen LogP contribution in [0.5, 0.6) is 0 Å². The van der Waals surface area contributed by atoms with Gasteiger partial charge in [-0.25, -0.2) is 4.79 Å². The summed E-state index contributed by atoms with van der Waals surface area (Å²) in [6, 6.07) is 22.3. The fourth-order valence-corrected chi connectivity index (χ4v) is 3.54. The van der Waals surface area contributed by atoms with E-state index in [1.807, 2.05) is 31.2 Å². The van der Waals surface area contributed by atoms with E-state index in [0.717, 1.165) is 17.2 Å². The van der Waals surface area contributed by atoms with Crippen LogP contribution >= 0.6 is 0 Å². The molecule has 3 N–H and O–H groups in total. The number of fused-ring (bicyclic) bond motifs is 1. The topological polar surface area (TPSA) is 117 Å². The van der Waals surface area contributed by atoms with Gasteiger partial charge in [-0.3, -0.25) is 14.4 Å². The molecule has 0 saturated carbocycles. The summed E-state index contributed by atoms with van der Waals surface area (Å²) in [5.74, 6) is -1.77. The van der Waals surface area contributed by atoms with Gasteiger partial charge in [0.1, 0.15) is 0 Å². The molecule has 1 heterocycles. The fraction of sp³-hybridized carbons (Fsp3) is 0.111. The van der Waals surface area contributed by atoms with E-state index in [1.165, 1.54) is 0 Å². The van der Waals surface area contributed by atoms with Crippen LogP contribution in [0.15, 0.2) is 83.7 Å². The molecule has 176 valence electrons. The molecular weight excluding hydrogens is 446 g/mol. The Morgan fingerprint density at radius 2 is 1.60 bits per heavy atom. The average Bonchev–Trinajstić information content (AvgIpc) is 2.86. The highest BCUT2D eigenvalue weighted by Crippen LogP contribution is 2.17. The Hall–Kier alpha value is -4.72. The highest BCUT2D eigenvalue weighted by atomic mass is 16.5. The Labute approximate surface area is 200 Å². The van der Waals surface area contributed by atoms with E-state index in [1.54, 1.807) is 48.5 Å². The molecule has 8 heteroatoms. The molecule has 0 aliphatic rings. The number of hydrogen-bond donors (Lipinski definition) is 3. The average molecular weight is 469 g/mol. The number of carbonyl (C=O) groups is 3. The Balaban J connectivity index is 1.39. The Kier molecular flexibility index (Phi) is 7.02. The molecule has 0 radical (unpaired) electrons. The number of aromatic nitrogens is 1. The van der Waals surface area contributed by atoms with Gasteiger partial charge >= 0.3 is 5.97 Å². The van der Waals surface area contributed by atoms with Gasteiger partial charge in [-0.1, -0.05) is 60.2 Å². The largest absolute Gasteiger partial charge is 0.452 e. The molecule has 0 aliphatic carbocycles. The van der Waals surface area contributed by atoms with Gasteiger partial charge in [0.15, 0.2) is 6.61 Å². The zero-order chi connectivity index (χ0) is 24.8. The second-order valence-electron chi connectivity index (χ2n) is 7.93. The number of H-pyrrole nitrogens is 1. The highest BCUT2D eigenvalue weighted by molar-refractivity contribution is 6.06. The van der Waals surface area contributed by atoms with Crippen LogP contribution in [0.2, 0.25) is 0 Å². The molecule has 0 aliphatic heterocycles. The lowest BCUT2D eigenvalue weighted by atomic mass is 10.1. The van der Waals surface area contributed by atoms with Gasteiger partial charge in [-0.2, -0.15) is 0 Å². The summed E-state index contributed by atoms with van der Waals surface area (Å²) in [5, 5.41) is 5.95. The number of nitrogens with one attached hydrogen (secondary N) is 3. The third-order valence-electron chi connectivity index (χ3n) is 5.32. The summed E-state index contributed by atoms with van der Waals surface area (Å²) in [6.07, 6.45) is 0. The lowest BCUT2D eigenvalue weighted by molar-refractivity contribution is -0.119. The van der Waals surface area contributed by atoms with Gasteiger partial charge in [0, 0.05) is 23.5 Å². The van der Waals surface area contributed by atoms with E-state index in [9.17, 15) is 19.2 Å². The molecule has 2 amide bonds. The molecule has 4 aromatic rings. The Bertz CT molecular complexity index is 1460. The monoisotopic (exact) mass is 469 g/mol. The summed E-state index contributed by atoms with van der Waals surface area (Å²) in [5.41, 5.74) is 2.74. The minimum atomic E-state index is -0.799. The number of aryl methyl sites for hydroxylation is 1. The van der Waals surface area contributed by atoms with Crippen molar-refractivity contribution in [3.05, 3.63) is 111 Å². The first kappa shape index (κ1) is 23.4. The van der Waals surface area contributed by atoms with Crippen molar-refractivity contribution in [3.8, 4) is 0 Å². The maximum Gasteiger partial charge on any atom is 0.339 e. The quantitative estimate of drug-likeness (QED) is 0.358. The first-order valence-electron chi connectivity index (χ1n) is 10.9. The minimum Gasteiger partial charge on any atom is -0.452 e. The van der Waals surface area contributed by atoms with E-state index >= 15 is 0 Å².